The average Bonchev–Trinajstić information content (AvgIpc) is 2.56. The zero-order chi connectivity index (χ0) is 17.4. The molecule has 1 heterocycles. The second-order valence-corrected chi connectivity index (χ2v) is 7.24. The van der Waals surface area contributed by atoms with Crippen molar-refractivity contribution < 1.29 is 14.3 Å². The Kier molecular flexibility index (Phi) is 8.02. The summed E-state index contributed by atoms with van der Waals surface area (Å²) in [6.07, 6.45) is 0.362. The van der Waals surface area contributed by atoms with Gasteiger partial charge in [-0.25, -0.2) is 0 Å². The molecule has 0 saturated carbocycles. The van der Waals surface area contributed by atoms with Crippen LogP contribution in [0.1, 0.15) is 20.3 Å². The Labute approximate surface area is 152 Å². The monoisotopic (exact) mass is 398 g/mol. The molecular formula is C18H27BrN2O3. The number of nitrogens with zero attached hydrogens (tertiary/aromatic N) is 1. The van der Waals surface area contributed by atoms with Crippen LogP contribution in [0, 0.1) is 5.92 Å². The molecule has 1 saturated heterocycles. The second kappa shape index (κ2) is 10.0. The molecule has 1 atom stereocenters. The van der Waals surface area contributed by atoms with E-state index < -0.39 is 0 Å². The number of carbonyl (C=O) groups excluding carboxylic acids is 1. The molecule has 0 aliphatic carbocycles. The van der Waals surface area contributed by atoms with Crippen molar-refractivity contribution in [2.45, 2.75) is 26.3 Å². The van der Waals surface area contributed by atoms with Gasteiger partial charge in [-0.05, 0) is 24.1 Å². The van der Waals surface area contributed by atoms with Crippen LogP contribution in [-0.2, 0) is 9.53 Å². The molecule has 0 radical (unpaired) electrons. The van der Waals surface area contributed by atoms with Gasteiger partial charge in [-0.2, -0.15) is 0 Å². The van der Waals surface area contributed by atoms with Gasteiger partial charge in [0.25, 0.3) is 0 Å². The van der Waals surface area contributed by atoms with Gasteiger partial charge in [-0.15, -0.1) is 0 Å². The van der Waals surface area contributed by atoms with Crippen molar-refractivity contribution >= 4 is 21.8 Å². The zero-order valence-corrected chi connectivity index (χ0v) is 16.0. The van der Waals surface area contributed by atoms with Crippen molar-refractivity contribution in [3.63, 3.8) is 0 Å². The topological polar surface area (TPSA) is 50.8 Å². The summed E-state index contributed by atoms with van der Waals surface area (Å²) in [5.74, 6) is 1.29. The van der Waals surface area contributed by atoms with Crippen LogP contribution < -0.4 is 10.1 Å². The fourth-order valence-corrected chi connectivity index (χ4v) is 3.20. The van der Waals surface area contributed by atoms with Gasteiger partial charge < -0.3 is 14.8 Å². The third-order valence-corrected chi connectivity index (χ3v) is 4.68. The zero-order valence-electron chi connectivity index (χ0n) is 14.5. The maximum atomic E-state index is 12.1. The summed E-state index contributed by atoms with van der Waals surface area (Å²) in [7, 11) is 0. The lowest BCUT2D eigenvalue weighted by atomic mass is 10.0. The molecular weight excluding hydrogens is 372 g/mol. The van der Waals surface area contributed by atoms with Crippen LogP contribution in [0.4, 0.5) is 0 Å². The Morgan fingerprint density at radius 2 is 2.12 bits per heavy atom. The fraction of sp³-hybridized carbons (Fsp3) is 0.611. The summed E-state index contributed by atoms with van der Waals surface area (Å²) in [5.41, 5.74) is 0. The minimum absolute atomic E-state index is 0.0314. The van der Waals surface area contributed by atoms with E-state index in [1.807, 2.05) is 24.3 Å². The SMILES string of the molecule is CC(C)C(CNC(=O)CCOc1cccc(Br)c1)N1CCOCC1. The lowest BCUT2D eigenvalue weighted by Gasteiger charge is -2.36. The number of rotatable bonds is 8. The number of carbonyl (C=O) groups is 1. The Morgan fingerprint density at radius 1 is 1.38 bits per heavy atom. The fourth-order valence-electron chi connectivity index (χ4n) is 2.82. The molecule has 24 heavy (non-hydrogen) atoms. The Bertz CT molecular complexity index is 519. The van der Waals surface area contributed by atoms with E-state index in [9.17, 15) is 4.79 Å². The van der Waals surface area contributed by atoms with Gasteiger partial charge in [0.15, 0.2) is 0 Å². The quantitative estimate of drug-likeness (QED) is 0.731. The molecule has 1 fully saturated rings. The van der Waals surface area contributed by atoms with E-state index in [1.165, 1.54) is 0 Å². The highest BCUT2D eigenvalue weighted by Crippen LogP contribution is 2.17. The van der Waals surface area contributed by atoms with Crippen LogP contribution in [0.3, 0.4) is 0 Å². The van der Waals surface area contributed by atoms with Crippen molar-refractivity contribution in [2.75, 3.05) is 39.5 Å². The highest BCUT2D eigenvalue weighted by atomic mass is 79.9. The summed E-state index contributed by atoms with van der Waals surface area (Å²) in [6.45, 7) is 8.87. The first-order valence-corrected chi connectivity index (χ1v) is 9.32. The van der Waals surface area contributed by atoms with Gasteiger partial charge in [0.2, 0.25) is 5.91 Å². The minimum atomic E-state index is 0.0314. The highest BCUT2D eigenvalue weighted by Gasteiger charge is 2.24. The Morgan fingerprint density at radius 3 is 2.79 bits per heavy atom. The van der Waals surface area contributed by atoms with Crippen molar-refractivity contribution in [3.8, 4) is 5.75 Å². The first-order valence-electron chi connectivity index (χ1n) is 8.53. The van der Waals surface area contributed by atoms with Crippen LogP contribution >= 0.6 is 15.9 Å². The largest absolute Gasteiger partial charge is 0.493 e. The van der Waals surface area contributed by atoms with Crippen molar-refractivity contribution in [1.29, 1.82) is 0 Å². The third kappa shape index (κ3) is 6.42. The van der Waals surface area contributed by atoms with Gasteiger partial charge in [0, 0.05) is 30.1 Å². The maximum absolute atomic E-state index is 12.1. The molecule has 5 nitrogen and oxygen atoms in total. The summed E-state index contributed by atoms with van der Waals surface area (Å²) in [4.78, 5) is 14.5. The standard InChI is InChI=1S/C18H27BrN2O3/c1-14(2)17(21-7-10-23-11-8-21)13-20-18(22)6-9-24-16-5-3-4-15(19)12-16/h3-5,12,14,17H,6-11,13H2,1-2H3,(H,20,22). The third-order valence-electron chi connectivity index (χ3n) is 4.19. The molecule has 1 unspecified atom stereocenters. The molecule has 134 valence electrons. The van der Waals surface area contributed by atoms with Crippen molar-refractivity contribution in [3.05, 3.63) is 28.7 Å². The smallest absolute Gasteiger partial charge is 0.223 e. The van der Waals surface area contributed by atoms with Crippen LogP contribution in [0.5, 0.6) is 5.75 Å². The molecule has 0 spiro atoms. The van der Waals surface area contributed by atoms with E-state index in [0.717, 1.165) is 36.5 Å². The van der Waals surface area contributed by atoms with Gasteiger partial charge in [0.1, 0.15) is 5.75 Å². The van der Waals surface area contributed by atoms with Gasteiger partial charge in [-0.3, -0.25) is 9.69 Å². The number of hydrogen-bond acceptors (Lipinski definition) is 4. The molecule has 1 aromatic rings. The Hall–Kier alpha value is -1.11. The Balaban J connectivity index is 1.70. The van der Waals surface area contributed by atoms with Crippen LogP contribution in [0.2, 0.25) is 0 Å². The molecule has 1 aliphatic heterocycles. The number of morpholine rings is 1. The molecule has 0 aromatic heterocycles. The van der Waals surface area contributed by atoms with Gasteiger partial charge in [-0.1, -0.05) is 35.8 Å². The lowest BCUT2D eigenvalue weighted by Crippen LogP contribution is -2.51. The highest BCUT2D eigenvalue weighted by molar-refractivity contribution is 9.10. The average molecular weight is 399 g/mol. The summed E-state index contributed by atoms with van der Waals surface area (Å²) >= 11 is 3.40. The predicted octanol–water partition coefficient (Wildman–Crippen LogP) is 2.69. The molecule has 1 aliphatic rings. The van der Waals surface area contributed by atoms with E-state index in [1.54, 1.807) is 0 Å². The molecule has 1 aromatic carbocycles. The minimum Gasteiger partial charge on any atom is -0.493 e. The molecule has 1 N–H and O–H groups in total. The lowest BCUT2D eigenvalue weighted by molar-refractivity contribution is -0.122. The summed E-state index contributed by atoms with van der Waals surface area (Å²) in [6, 6.07) is 7.98. The molecule has 0 bridgehead atoms. The predicted molar refractivity (Wildman–Crippen MR) is 98.3 cm³/mol. The molecule has 1 amide bonds. The van der Waals surface area contributed by atoms with E-state index in [4.69, 9.17) is 9.47 Å². The van der Waals surface area contributed by atoms with E-state index in [0.29, 0.717) is 31.5 Å². The maximum Gasteiger partial charge on any atom is 0.223 e. The first kappa shape index (κ1) is 19.2. The normalized spacial score (nSPS) is 16.8. The summed E-state index contributed by atoms with van der Waals surface area (Å²) < 4.78 is 12.0. The van der Waals surface area contributed by atoms with Crippen LogP contribution in [-0.4, -0.2) is 56.3 Å². The van der Waals surface area contributed by atoms with Gasteiger partial charge in [0.05, 0.1) is 26.2 Å². The number of hydrogen-bond donors (Lipinski definition) is 1. The number of halogens is 1. The second-order valence-electron chi connectivity index (χ2n) is 6.32. The van der Waals surface area contributed by atoms with Gasteiger partial charge >= 0.3 is 0 Å². The van der Waals surface area contributed by atoms with Crippen LogP contribution in [0.25, 0.3) is 0 Å². The first-order chi connectivity index (χ1) is 11.6. The number of nitrogens with one attached hydrogen (secondary N) is 1. The number of benzene rings is 1. The summed E-state index contributed by atoms with van der Waals surface area (Å²) in [5, 5.41) is 3.05. The van der Waals surface area contributed by atoms with E-state index in [-0.39, 0.29) is 5.91 Å². The molecule has 6 heteroatoms. The van der Waals surface area contributed by atoms with Crippen LogP contribution in [0.15, 0.2) is 28.7 Å². The van der Waals surface area contributed by atoms with E-state index in [2.05, 4.69) is 40.0 Å². The number of amides is 1. The van der Waals surface area contributed by atoms with E-state index >= 15 is 0 Å². The molecule has 2 rings (SSSR count). The van der Waals surface area contributed by atoms with Crippen molar-refractivity contribution in [1.82, 2.24) is 10.2 Å². The van der Waals surface area contributed by atoms with Crippen molar-refractivity contribution in [2.24, 2.45) is 5.92 Å². The number of ether oxygens (including phenoxy) is 2.